The van der Waals surface area contributed by atoms with Crippen LogP contribution in [0.2, 0.25) is 0 Å². The number of ether oxygens (including phenoxy) is 1. The Balaban J connectivity index is 2.92. The lowest BCUT2D eigenvalue weighted by molar-refractivity contribution is -0.138. The van der Waals surface area contributed by atoms with Crippen LogP contribution in [0.4, 0.5) is 0 Å². The van der Waals surface area contributed by atoms with Crippen molar-refractivity contribution >= 4 is 11.9 Å². The Kier molecular flexibility index (Phi) is 3.41. The van der Waals surface area contributed by atoms with Crippen LogP contribution in [-0.4, -0.2) is 17.0 Å². The largest absolute Gasteiger partial charge is 0.480 e. The molecule has 0 radical (unpaired) electrons. The zero-order valence-corrected chi connectivity index (χ0v) is 8.14. The second-order valence-corrected chi connectivity index (χ2v) is 2.98. The summed E-state index contributed by atoms with van der Waals surface area (Å²) >= 11 is 0. The Labute approximate surface area is 86.5 Å². The minimum atomic E-state index is -1.13. The van der Waals surface area contributed by atoms with E-state index in [2.05, 4.69) is 0 Å². The molecule has 0 aromatic heterocycles. The van der Waals surface area contributed by atoms with Crippen LogP contribution in [-0.2, 0) is 9.59 Å². The summed E-state index contributed by atoms with van der Waals surface area (Å²) in [5.74, 6) is -1.30. The summed E-state index contributed by atoms with van der Waals surface area (Å²) in [6.45, 7) is 1.27. The molecule has 0 saturated heterocycles. The minimum absolute atomic E-state index is 0.289. The number of hydrogen-bond donors (Lipinski definition) is 2. The Morgan fingerprint density at radius 3 is 2.67 bits per heavy atom. The van der Waals surface area contributed by atoms with Gasteiger partial charge in [-0.3, -0.25) is 9.59 Å². The number of carbonyl (C=O) groups excluding carboxylic acids is 1. The fourth-order valence-corrected chi connectivity index (χ4v) is 1.08. The number of carboxylic acids is 1. The molecule has 0 fully saturated rings. The van der Waals surface area contributed by atoms with Crippen molar-refractivity contribution in [3.05, 3.63) is 29.8 Å². The Bertz CT molecular complexity index is 389. The van der Waals surface area contributed by atoms with Crippen LogP contribution in [0.5, 0.6) is 5.75 Å². The molecule has 0 aliphatic carbocycles. The average Bonchev–Trinajstić information content (AvgIpc) is 2.16. The summed E-state index contributed by atoms with van der Waals surface area (Å²) in [5, 5.41) is 8.68. The third kappa shape index (κ3) is 3.07. The molecular formula is C10H11NO4. The first-order valence-corrected chi connectivity index (χ1v) is 4.27. The smallest absolute Gasteiger partial charge is 0.325 e. The second-order valence-electron chi connectivity index (χ2n) is 2.98. The summed E-state index contributed by atoms with van der Waals surface area (Å²) in [7, 11) is 0. The molecule has 1 aromatic carbocycles. The number of hydrogen-bond acceptors (Lipinski definition) is 4. The van der Waals surface area contributed by atoms with E-state index in [4.69, 9.17) is 15.6 Å². The van der Waals surface area contributed by atoms with Gasteiger partial charge in [0.2, 0.25) is 0 Å². The first-order valence-electron chi connectivity index (χ1n) is 4.27. The van der Waals surface area contributed by atoms with Gasteiger partial charge in [0.25, 0.3) is 0 Å². The lowest BCUT2D eigenvalue weighted by Gasteiger charge is -2.08. The third-order valence-electron chi connectivity index (χ3n) is 1.74. The summed E-state index contributed by atoms with van der Waals surface area (Å²) in [6.07, 6.45) is 0. The van der Waals surface area contributed by atoms with Gasteiger partial charge < -0.3 is 15.6 Å². The zero-order valence-electron chi connectivity index (χ0n) is 8.14. The average molecular weight is 209 g/mol. The van der Waals surface area contributed by atoms with Gasteiger partial charge >= 0.3 is 11.9 Å². The van der Waals surface area contributed by atoms with Gasteiger partial charge in [-0.1, -0.05) is 12.1 Å². The number of aliphatic carboxylic acids is 1. The zero-order chi connectivity index (χ0) is 11.4. The molecule has 0 aliphatic heterocycles. The molecule has 0 saturated carbocycles. The highest BCUT2D eigenvalue weighted by atomic mass is 16.5. The number of benzene rings is 1. The molecule has 1 atom stereocenters. The third-order valence-corrected chi connectivity index (χ3v) is 1.74. The van der Waals surface area contributed by atoms with Crippen LogP contribution < -0.4 is 10.5 Å². The lowest BCUT2D eigenvalue weighted by atomic mass is 10.1. The van der Waals surface area contributed by atoms with Crippen molar-refractivity contribution in [2.45, 2.75) is 13.0 Å². The number of carboxylic acid groups (broad SMARTS) is 1. The molecule has 0 aliphatic rings. The van der Waals surface area contributed by atoms with Crippen LogP contribution >= 0.6 is 0 Å². The van der Waals surface area contributed by atoms with E-state index < -0.39 is 18.0 Å². The minimum Gasteiger partial charge on any atom is -0.480 e. The van der Waals surface area contributed by atoms with E-state index in [1.165, 1.54) is 13.0 Å². The first-order chi connectivity index (χ1) is 7.00. The van der Waals surface area contributed by atoms with E-state index in [9.17, 15) is 9.59 Å². The molecule has 0 spiro atoms. The van der Waals surface area contributed by atoms with E-state index >= 15 is 0 Å². The van der Waals surface area contributed by atoms with Crippen molar-refractivity contribution in [2.24, 2.45) is 5.73 Å². The van der Waals surface area contributed by atoms with E-state index in [1.807, 2.05) is 0 Å². The van der Waals surface area contributed by atoms with Gasteiger partial charge in [-0.25, -0.2) is 0 Å². The van der Waals surface area contributed by atoms with Crippen molar-refractivity contribution in [2.75, 3.05) is 0 Å². The van der Waals surface area contributed by atoms with E-state index in [0.717, 1.165) is 0 Å². The normalized spacial score (nSPS) is 11.9. The summed E-state index contributed by atoms with van der Waals surface area (Å²) < 4.78 is 4.80. The van der Waals surface area contributed by atoms with Gasteiger partial charge in [0.05, 0.1) is 0 Å². The van der Waals surface area contributed by atoms with Crippen LogP contribution in [0.15, 0.2) is 24.3 Å². The molecule has 80 valence electrons. The fraction of sp³-hybridized carbons (Fsp3) is 0.200. The molecule has 0 bridgehead atoms. The molecule has 5 heteroatoms. The topological polar surface area (TPSA) is 89.6 Å². The highest BCUT2D eigenvalue weighted by molar-refractivity contribution is 5.75. The maximum Gasteiger partial charge on any atom is 0.325 e. The number of carbonyl (C=O) groups is 2. The summed E-state index contributed by atoms with van der Waals surface area (Å²) in [5.41, 5.74) is 5.79. The molecule has 0 heterocycles. The number of nitrogens with two attached hydrogens (primary N) is 1. The van der Waals surface area contributed by atoms with E-state index in [-0.39, 0.29) is 5.75 Å². The summed E-state index contributed by atoms with van der Waals surface area (Å²) in [4.78, 5) is 21.3. The molecule has 5 nitrogen and oxygen atoms in total. The first kappa shape index (κ1) is 11.2. The summed E-state index contributed by atoms with van der Waals surface area (Å²) in [6, 6.07) is 5.02. The second kappa shape index (κ2) is 4.56. The monoisotopic (exact) mass is 209 g/mol. The van der Waals surface area contributed by atoms with Gasteiger partial charge in [-0.2, -0.15) is 0 Å². The highest BCUT2D eigenvalue weighted by Gasteiger charge is 2.14. The maximum absolute atomic E-state index is 10.7. The van der Waals surface area contributed by atoms with Crippen LogP contribution in [0, 0.1) is 0 Å². The predicted molar refractivity (Wildman–Crippen MR) is 52.3 cm³/mol. The van der Waals surface area contributed by atoms with Crippen LogP contribution in [0.3, 0.4) is 0 Å². The SMILES string of the molecule is CC(=O)Oc1cccc([C@H](N)C(=O)O)c1. The van der Waals surface area contributed by atoms with Crippen molar-refractivity contribution in [1.29, 1.82) is 0 Å². The molecule has 0 unspecified atom stereocenters. The fourth-order valence-electron chi connectivity index (χ4n) is 1.08. The van der Waals surface area contributed by atoms with E-state index in [1.54, 1.807) is 18.2 Å². The van der Waals surface area contributed by atoms with Crippen molar-refractivity contribution in [3.8, 4) is 5.75 Å². The highest BCUT2D eigenvalue weighted by Crippen LogP contribution is 2.18. The maximum atomic E-state index is 10.7. The van der Waals surface area contributed by atoms with Crippen molar-refractivity contribution in [3.63, 3.8) is 0 Å². The predicted octanol–water partition coefficient (Wildman–Crippen LogP) is 0.696. The Morgan fingerprint density at radius 2 is 2.13 bits per heavy atom. The lowest BCUT2D eigenvalue weighted by Crippen LogP contribution is -2.20. The number of rotatable bonds is 3. The van der Waals surface area contributed by atoms with Crippen LogP contribution in [0.25, 0.3) is 0 Å². The Hall–Kier alpha value is -1.88. The molecule has 1 rings (SSSR count). The van der Waals surface area contributed by atoms with Crippen molar-refractivity contribution in [1.82, 2.24) is 0 Å². The van der Waals surface area contributed by atoms with Gasteiger partial charge in [0.1, 0.15) is 11.8 Å². The van der Waals surface area contributed by atoms with Crippen LogP contribution in [0.1, 0.15) is 18.5 Å². The molecule has 3 N–H and O–H groups in total. The van der Waals surface area contributed by atoms with Gasteiger partial charge in [0.15, 0.2) is 0 Å². The molecule has 0 amide bonds. The number of esters is 1. The standard InChI is InChI=1S/C10H11NO4/c1-6(12)15-8-4-2-3-7(5-8)9(11)10(13)14/h2-5,9H,11H2,1H3,(H,13,14)/t9-/m0/s1. The van der Waals surface area contributed by atoms with Gasteiger partial charge in [0, 0.05) is 6.92 Å². The molecule has 15 heavy (non-hydrogen) atoms. The van der Waals surface area contributed by atoms with E-state index in [0.29, 0.717) is 5.56 Å². The van der Waals surface area contributed by atoms with Gasteiger partial charge in [-0.15, -0.1) is 0 Å². The van der Waals surface area contributed by atoms with Gasteiger partial charge in [-0.05, 0) is 17.7 Å². The van der Waals surface area contributed by atoms with Crippen molar-refractivity contribution < 1.29 is 19.4 Å². The quantitative estimate of drug-likeness (QED) is 0.564. The molecule has 1 aromatic rings. The molecular weight excluding hydrogens is 198 g/mol. The Morgan fingerprint density at radius 1 is 1.47 bits per heavy atom.